The number of nitrogens with one attached hydrogen (secondary N) is 2. The summed E-state index contributed by atoms with van der Waals surface area (Å²) in [6, 6.07) is 16.3. The quantitative estimate of drug-likeness (QED) is 0.0425. The van der Waals surface area contributed by atoms with Gasteiger partial charge in [-0.25, -0.2) is 22.7 Å². The smallest absolute Gasteiger partial charge is 0.455 e. The van der Waals surface area contributed by atoms with E-state index in [1.165, 1.54) is 34.7 Å². The summed E-state index contributed by atoms with van der Waals surface area (Å²) in [5, 5.41) is 15.0. The van der Waals surface area contributed by atoms with Crippen molar-refractivity contribution in [3.05, 3.63) is 118 Å². The number of benzene rings is 3. The van der Waals surface area contributed by atoms with Gasteiger partial charge in [-0.2, -0.15) is 13.2 Å². The Morgan fingerprint density at radius 3 is 2.46 bits per heavy atom. The largest absolute Gasteiger partial charge is 0.471 e. The molecule has 2 saturated heterocycles. The Kier molecular flexibility index (Phi) is 14.7. The predicted octanol–water partition coefficient (Wildman–Crippen LogP) is 7.51. The minimum atomic E-state index is -4.92. The molecule has 4 N–H and O–H groups in total. The van der Waals surface area contributed by atoms with Crippen LogP contribution in [-0.2, 0) is 41.5 Å². The molecule has 1 unspecified atom stereocenters. The second-order valence-electron chi connectivity index (χ2n) is 18.0. The van der Waals surface area contributed by atoms with Gasteiger partial charge in [0.05, 0.1) is 53.1 Å². The molecule has 374 valence electrons. The molecule has 3 aromatic carbocycles. The molecule has 0 radical (unpaired) electrons. The molecule has 0 spiro atoms. The van der Waals surface area contributed by atoms with Crippen molar-refractivity contribution in [2.24, 2.45) is 5.41 Å². The first kappa shape index (κ1) is 50.5. The van der Waals surface area contributed by atoms with Gasteiger partial charge in [-0.3, -0.25) is 24.3 Å². The van der Waals surface area contributed by atoms with E-state index in [1.54, 1.807) is 36.4 Å². The van der Waals surface area contributed by atoms with Crippen molar-refractivity contribution < 1.29 is 64.4 Å². The van der Waals surface area contributed by atoms with Crippen LogP contribution in [0.5, 0.6) is 11.5 Å². The first-order valence-electron chi connectivity index (χ1n) is 22.2. The lowest BCUT2D eigenvalue weighted by molar-refractivity contribution is -0.384. The number of alkyl halides is 3. The fourth-order valence-corrected chi connectivity index (χ4v) is 9.95. The van der Waals surface area contributed by atoms with Crippen LogP contribution in [0.3, 0.4) is 0 Å². The van der Waals surface area contributed by atoms with Crippen LogP contribution >= 0.6 is 7.82 Å². The Morgan fingerprint density at radius 1 is 1.01 bits per heavy atom. The van der Waals surface area contributed by atoms with Gasteiger partial charge >= 0.3 is 14.0 Å². The molecule has 8 rings (SSSR count). The lowest BCUT2D eigenvalue weighted by atomic mass is 9.72. The zero-order valence-electron chi connectivity index (χ0n) is 38.1. The molecule has 1 aliphatic carbocycles. The number of rotatable bonds is 16. The number of aromatic nitrogens is 2. The highest BCUT2D eigenvalue weighted by atomic mass is 32.2. The molecule has 4 aliphatic heterocycles. The lowest BCUT2D eigenvalue weighted by Crippen LogP contribution is -2.47. The van der Waals surface area contributed by atoms with Gasteiger partial charge in [-0.1, -0.05) is 31.6 Å². The number of halogens is 3. The predicted molar refractivity (Wildman–Crippen MR) is 250 cm³/mol. The summed E-state index contributed by atoms with van der Waals surface area (Å²) in [6.07, 6.45) is 0.429. The summed E-state index contributed by atoms with van der Waals surface area (Å²) in [5.41, 5.74) is 2.58. The molecule has 0 bridgehead atoms. The normalized spacial score (nSPS) is 18.2. The maximum absolute atomic E-state index is 14.1. The number of amides is 1. The highest BCUT2D eigenvalue weighted by Gasteiger charge is 2.33. The summed E-state index contributed by atoms with van der Waals surface area (Å²) in [4.78, 5) is 52.3. The van der Waals surface area contributed by atoms with Gasteiger partial charge < -0.3 is 38.8 Å². The van der Waals surface area contributed by atoms with Crippen LogP contribution in [0.1, 0.15) is 54.6 Å². The molecule has 2 fully saturated rings. The minimum Gasteiger partial charge on any atom is -0.455 e. The third-order valence-corrected chi connectivity index (χ3v) is 14.2. The van der Waals surface area contributed by atoms with Crippen molar-refractivity contribution in [3.8, 4) is 22.9 Å². The van der Waals surface area contributed by atoms with Gasteiger partial charge in [0.1, 0.15) is 29.7 Å². The van der Waals surface area contributed by atoms with Crippen molar-refractivity contribution in [1.29, 1.82) is 0 Å². The number of allylic oxidation sites excluding steroid dienone is 1. The Bertz CT molecular complexity index is 2900. The van der Waals surface area contributed by atoms with Gasteiger partial charge in [0.25, 0.3) is 21.6 Å². The maximum Gasteiger partial charge on any atom is 0.471 e. The van der Waals surface area contributed by atoms with E-state index in [9.17, 15) is 50.8 Å². The van der Waals surface area contributed by atoms with E-state index >= 15 is 0 Å². The number of carbonyl (C=O) groups excluding carboxylic acids is 1. The molecule has 5 aliphatic rings. The number of piperazine rings is 1. The second-order valence-corrected chi connectivity index (χ2v) is 20.9. The zero-order valence-corrected chi connectivity index (χ0v) is 39.8. The molecule has 0 saturated carbocycles. The third-order valence-electron chi connectivity index (χ3n) is 12.4. The summed E-state index contributed by atoms with van der Waals surface area (Å²) in [6.45, 7) is 7.75. The van der Waals surface area contributed by atoms with Crippen LogP contribution < -0.4 is 19.7 Å². The number of hydrogen-bond acceptors (Lipinski definition) is 14. The Morgan fingerprint density at radius 2 is 1.77 bits per heavy atom. The molecule has 1 amide bonds. The highest BCUT2D eigenvalue weighted by molar-refractivity contribution is 7.90. The summed E-state index contributed by atoms with van der Waals surface area (Å²) < 4.78 is 105. The number of ether oxygens (including phenoxy) is 3. The number of phosphoric ester groups is 1. The van der Waals surface area contributed by atoms with Gasteiger partial charge in [0, 0.05) is 68.8 Å². The van der Waals surface area contributed by atoms with E-state index in [2.05, 4.69) is 33.9 Å². The Hall–Kier alpha value is -5.91. The number of anilines is 2. The highest BCUT2D eigenvalue weighted by Crippen LogP contribution is 2.44. The Balaban J connectivity index is 1.04. The molecule has 1 atom stereocenters. The molecule has 4 heterocycles. The number of nitro benzene ring substituents is 1. The summed E-state index contributed by atoms with van der Waals surface area (Å²) >= 11 is 0. The monoisotopic (exact) mass is 1010 g/mol. The molecular weight excluding hydrogens is 963 g/mol. The van der Waals surface area contributed by atoms with Crippen LogP contribution in [0.4, 0.5) is 30.2 Å². The Labute approximate surface area is 401 Å². The van der Waals surface area contributed by atoms with Crippen LogP contribution in [0.25, 0.3) is 17.0 Å². The van der Waals surface area contributed by atoms with Crippen molar-refractivity contribution in [2.45, 2.75) is 57.0 Å². The number of nitrogens with zero attached hydrogens (tertiary/aromatic N) is 5. The van der Waals surface area contributed by atoms with Gasteiger partial charge in [-0.15, -0.1) is 0 Å². The number of pyridine rings is 1. The molecule has 24 heteroatoms. The van der Waals surface area contributed by atoms with E-state index in [0.29, 0.717) is 63.0 Å². The minimum absolute atomic E-state index is 0.0232. The number of hydrogen-bond donors (Lipinski definition) is 4. The van der Waals surface area contributed by atoms with E-state index in [0.717, 1.165) is 54.7 Å². The number of phosphoric acid groups is 1. The second kappa shape index (κ2) is 20.4. The van der Waals surface area contributed by atoms with Crippen molar-refractivity contribution >= 4 is 46.4 Å². The number of nitro groups is 1. The van der Waals surface area contributed by atoms with Crippen molar-refractivity contribution in [1.82, 2.24) is 19.2 Å². The van der Waals surface area contributed by atoms with Crippen LogP contribution in [0.2, 0.25) is 0 Å². The van der Waals surface area contributed by atoms with Crippen LogP contribution in [0.15, 0.2) is 95.7 Å². The molecule has 3 aromatic rings. The zero-order chi connectivity index (χ0) is 50.0. The van der Waals surface area contributed by atoms with Gasteiger partial charge in [-0.05, 0) is 84.3 Å². The average Bonchev–Trinajstić information content (AvgIpc) is 3.79. The lowest BCUT2D eigenvalue weighted by Gasteiger charge is -2.39. The molecule has 70 heavy (non-hydrogen) atoms. The number of sulfonamides is 1. The maximum atomic E-state index is 14.1. The topological polar surface area (TPSA) is 237 Å². The fourth-order valence-electron chi connectivity index (χ4n) is 8.69. The first-order valence-corrected chi connectivity index (χ1v) is 25.2. The van der Waals surface area contributed by atoms with E-state index in [4.69, 9.17) is 18.7 Å². The third kappa shape index (κ3) is 12.3. The molecular formula is C46H51F3N7O12PS. The van der Waals surface area contributed by atoms with E-state index in [1.807, 2.05) is 4.72 Å². The average molecular weight is 1010 g/mol. The first-order chi connectivity index (χ1) is 33.1. The number of fused-ring (bicyclic) bond motifs is 1. The summed E-state index contributed by atoms with van der Waals surface area (Å²) in [5.74, 6) is -0.885. The summed E-state index contributed by atoms with van der Waals surface area (Å²) in [7, 11) is -9.66. The molecule has 0 aromatic heterocycles. The van der Waals surface area contributed by atoms with Crippen LogP contribution in [0, 0.1) is 15.5 Å². The van der Waals surface area contributed by atoms with E-state index in [-0.39, 0.29) is 47.4 Å². The fraction of sp³-hybridized carbons (Fsp3) is 0.391. The van der Waals surface area contributed by atoms with Crippen molar-refractivity contribution in [2.75, 3.05) is 69.3 Å². The van der Waals surface area contributed by atoms with E-state index < -0.39 is 57.7 Å². The van der Waals surface area contributed by atoms with Gasteiger partial charge in [0.15, 0.2) is 0 Å². The SMILES string of the molecule is CC1(C)CCC(CN2CCN(c3ccc(C(=O)NS(=O)(=O)c4ccc(NCC5COCCO5)c([N+](=O)[O-])c4)c(Oc4cc5ccnc-5n(COP(=O)(O)O)c4)c3)CC2)=C(c2ccc(C(F)(F)F)cc2)C1. The van der Waals surface area contributed by atoms with Crippen molar-refractivity contribution in [3.63, 3.8) is 0 Å². The van der Waals surface area contributed by atoms with Crippen LogP contribution in [-0.4, -0.2) is 109 Å². The van der Waals surface area contributed by atoms with Gasteiger partial charge in [0.2, 0.25) is 0 Å². The standard InChI is InChI=1S/C46H51F3N7O12PS/c1-45(2)13-11-32(39(24-45)30-3-5-33(6-4-30)46(47,48)49)26-53-15-17-54(18-16-53)34-7-9-38(42(22-34)68-35-21-31-12-14-50-43(31)55(27-35)29-67-69(60,61)62)44(57)52-70(63,64)37-8-10-40(41(23-37)56(58)59)51-25-36-28-65-19-20-66-36/h3-10,12,14,21-23,27,36,51H,11,13,15-20,24-26,28-29H2,1-2H3,(H,52,57)(H2,60,61,62). The molecule has 19 nitrogen and oxygen atoms in total. The number of carbonyl (C=O) groups is 1.